The molecule has 0 aliphatic heterocycles. The molecule has 6 aromatic heterocycles. The van der Waals surface area contributed by atoms with Crippen molar-refractivity contribution in [2.45, 2.75) is 77.4 Å². The van der Waals surface area contributed by atoms with Crippen LogP contribution in [0.1, 0.15) is 72.3 Å². The van der Waals surface area contributed by atoms with Gasteiger partial charge in [-0.25, -0.2) is 26.3 Å². The first-order chi connectivity index (χ1) is 25.5. The lowest BCUT2D eigenvalue weighted by atomic mass is 9.99. The SMILES string of the molecule is CC(c1ccncc1)c1ccn(CC(F)F)n1.C[C@@H](c1ccncc1)c1ccn(CC(F)F)n1.C[C@H](c1ccncc1)c1ccn(CC(F)F)n1.P.PP. The van der Waals surface area contributed by atoms with Crippen molar-refractivity contribution >= 4 is 27.8 Å². The standard InChI is InChI=1S/3C12H13F2N3.H4P2.H3P/c3*1-9(10-2-5-15-6-3-10)11-4-7-17(16-11)8-12(13)14;1-2;/h3*2-7,9,12H,8H2,1H3;1-2H2;1H3/t2*9-;;;/m10.../s1. The maximum atomic E-state index is 12.2. The first-order valence-corrected chi connectivity index (χ1v) is 19.1. The molecule has 0 saturated heterocycles. The molecule has 54 heavy (non-hydrogen) atoms. The Bertz CT molecular complexity index is 1630. The van der Waals surface area contributed by atoms with Gasteiger partial charge in [0.15, 0.2) is 0 Å². The molecule has 0 bridgehead atoms. The molecule has 0 aliphatic rings. The average molecular weight is 812 g/mol. The lowest BCUT2D eigenvalue weighted by Crippen LogP contribution is -2.08. The summed E-state index contributed by atoms with van der Waals surface area (Å²) in [5.41, 5.74) is 5.58. The van der Waals surface area contributed by atoms with Gasteiger partial charge >= 0.3 is 0 Å². The molecular formula is C36H46F6N9P3. The molecule has 0 aliphatic carbocycles. The van der Waals surface area contributed by atoms with E-state index in [4.69, 9.17) is 0 Å². The number of rotatable bonds is 12. The quantitative estimate of drug-likeness (QED) is 0.0907. The molecule has 292 valence electrons. The van der Waals surface area contributed by atoms with Gasteiger partial charge in [-0.2, -0.15) is 25.2 Å². The number of pyridine rings is 3. The van der Waals surface area contributed by atoms with Crippen molar-refractivity contribution in [3.63, 3.8) is 0 Å². The number of nitrogens with zero attached hydrogens (tertiary/aromatic N) is 9. The second-order valence-corrected chi connectivity index (χ2v) is 11.6. The fourth-order valence-electron chi connectivity index (χ4n) is 5.02. The van der Waals surface area contributed by atoms with Crippen molar-refractivity contribution in [2.24, 2.45) is 0 Å². The van der Waals surface area contributed by atoms with E-state index in [2.05, 4.69) is 48.1 Å². The molecule has 0 N–H and O–H groups in total. The van der Waals surface area contributed by atoms with E-state index in [1.165, 1.54) is 14.0 Å². The Hall–Kier alpha value is -4.05. The molecule has 0 radical (unpaired) electrons. The van der Waals surface area contributed by atoms with Crippen LogP contribution in [0.5, 0.6) is 0 Å². The fourth-order valence-corrected chi connectivity index (χ4v) is 5.02. The summed E-state index contributed by atoms with van der Waals surface area (Å²) in [6.45, 7) is 4.90. The lowest BCUT2D eigenvalue weighted by molar-refractivity contribution is 0.121. The normalized spacial score (nSPS) is 12.3. The number of halogens is 6. The van der Waals surface area contributed by atoms with E-state index in [0.29, 0.717) is 0 Å². The van der Waals surface area contributed by atoms with E-state index in [0.717, 1.165) is 33.8 Å². The van der Waals surface area contributed by atoms with E-state index in [-0.39, 0.29) is 47.3 Å². The molecule has 6 aromatic rings. The van der Waals surface area contributed by atoms with Gasteiger partial charge in [0.1, 0.15) is 19.6 Å². The minimum Gasteiger partial charge on any atom is -0.267 e. The second-order valence-electron chi connectivity index (χ2n) is 11.6. The van der Waals surface area contributed by atoms with Crippen molar-refractivity contribution in [2.75, 3.05) is 0 Å². The lowest BCUT2D eigenvalue weighted by Gasteiger charge is -2.08. The molecular weight excluding hydrogens is 765 g/mol. The topological polar surface area (TPSA) is 92.1 Å². The highest BCUT2D eigenvalue weighted by molar-refractivity contribution is 7.92. The molecule has 6 atom stereocenters. The molecule has 4 unspecified atom stereocenters. The Balaban J connectivity index is 0.000000271. The summed E-state index contributed by atoms with van der Waals surface area (Å²) in [5.74, 6) is 0.241. The van der Waals surface area contributed by atoms with Gasteiger partial charge in [-0.15, -0.1) is 17.9 Å². The highest BCUT2D eigenvalue weighted by atomic mass is 32.0. The number of aromatic nitrogens is 9. The van der Waals surface area contributed by atoms with Crippen LogP contribution in [-0.4, -0.2) is 63.6 Å². The first kappa shape index (κ1) is 46.1. The Kier molecular flexibility index (Phi) is 20.8. The Labute approximate surface area is 319 Å². The second kappa shape index (κ2) is 24.4. The van der Waals surface area contributed by atoms with Gasteiger partial charge in [0.2, 0.25) is 0 Å². The summed E-state index contributed by atoms with van der Waals surface area (Å²) in [6, 6.07) is 16.7. The van der Waals surface area contributed by atoms with Gasteiger partial charge in [-0.1, -0.05) is 20.8 Å². The molecule has 0 spiro atoms. The predicted molar refractivity (Wildman–Crippen MR) is 210 cm³/mol. The van der Waals surface area contributed by atoms with Crippen molar-refractivity contribution in [3.8, 4) is 0 Å². The van der Waals surface area contributed by atoms with Gasteiger partial charge in [0.25, 0.3) is 19.3 Å². The van der Waals surface area contributed by atoms with Crippen LogP contribution in [-0.2, 0) is 19.6 Å². The maximum Gasteiger partial charge on any atom is 0.257 e. The fraction of sp³-hybridized carbons (Fsp3) is 0.333. The third-order valence-corrected chi connectivity index (χ3v) is 7.91. The number of hydrogen-bond donors (Lipinski definition) is 0. The Morgan fingerprint density at radius 3 is 0.870 bits per heavy atom. The summed E-state index contributed by atoms with van der Waals surface area (Å²) >= 11 is 0. The van der Waals surface area contributed by atoms with Crippen LogP contribution in [0, 0.1) is 0 Å². The van der Waals surface area contributed by atoms with Crippen LogP contribution in [0.15, 0.2) is 110 Å². The monoisotopic (exact) mass is 811 g/mol. The highest BCUT2D eigenvalue weighted by Crippen LogP contribution is 2.23. The van der Waals surface area contributed by atoms with Crippen molar-refractivity contribution in [1.29, 1.82) is 0 Å². The zero-order valence-electron chi connectivity index (χ0n) is 30.1. The third kappa shape index (κ3) is 15.4. The van der Waals surface area contributed by atoms with Gasteiger partial charge in [-0.3, -0.25) is 29.0 Å². The Morgan fingerprint density at radius 1 is 0.444 bits per heavy atom. The Morgan fingerprint density at radius 2 is 0.667 bits per heavy atom. The summed E-state index contributed by atoms with van der Waals surface area (Å²) < 4.78 is 76.9. The minimum absolute atomic E-state index is 0. The third-order valence-electron chi connectivity index (χ3n) is 7.91. The molecule has 0 amide bonds. The largest absolute Gasteiger partial charge is 0.267 e. The first-order valence-electron chi connectivity index (χ1n) is 16.5. The molecule has 0 fully saturated rings. The zero-order chi connectivity index (χ0) is 38.8. The van der Waals surface area contributed by atoms with E-state index < -0.39 is 19.3 Å². The van der Waals surface area contributed by atoms with E-state index in [1.54, 1.807) is 74.0 Å². The van der Waals surface area contributed by atoms with E-state index >= 15 is 0 Å². The molecule has 18 heteroatoms. The van der Waals surface area contributed by atoms with Crippen molar-refractivity contribution < 1.29 is 26.3 Å². The summed E-state index contributed by atoms with van der Waals surface area (Å²) in [4.78, 5) is 11.8. The van der Waals surface area contributed by atoms with Crippen LogP contribution in [0.3, 0.4) is 0 Å². The minimum atomic E-state index is -2.38. The van der Waals surface area contributed by atoms with E-state index in [9.17, 15) is 26.3 Å². The molecule has 6 rings (SSSR count). The molecule has 9 nitrogen and oxygen atoms in total. The van der Waals surface area contributed by atoms with Crippen LogP contribution >= 0.6 is 27.8 Å². The van der Waals surface area contributed by atoms with Crippen LogP contribution < -0.4 is 0 Å². The smallest absolute Gasteiger partial charge is 0.257 e. The average Bonchev–Trinajstić information content (AvgIpc) is 3.95. The van der Waals surface area contributed by atoms with Crippen LogP contribution in [0.25, 0.3) is 0 Å². The number of alkyl halides is 6. The number of hydrogen-bond acceptors (Lipinski definition) is 6. The summed E-state index contributed by atoms with van der Waals surface area (Å²) in [7, 11) is 4.67. The highest BCUT2D eigenvalue weighted by Gasteiger charge is 2.15. The van der Waals surface area contributed by atoms with Gasteiger partial charge < -0.3 is 0 Å². The van der Waals surface area contributed by atoms with Gasteiger partial charge in [0, 0.05) is 73.5 Å². The van der Waals surface area contributed by atoms with Crippen molar-refractivity contribution in [1.82, 2.24) is 44.3 Å². The zero-order valence-corrected chi connectivity index (χ0v) is 33.9. The van der Waals surface area contributed by atoms with Crippen LogP contribution in [0.4, 0.5) is 26.3 Å². The summed E-state index contributed by atoms with van der Waals surface area (Å²) in [6.07, 6.45) is 7.88. The van der Waals surface area contributed by atoms with Crippen LogP contribution in [0.2, 0.25) is 0 Å². The van der Waals surface area contributed by atoms with Gasteiger partial charge in [-0.05, 0) is 71.3 Å². The molecule has 0 saturated carbocycles. The van der Waals surface area contributed by atoms with Crippen molar-refractivity contribution in [3.05, 3.63) is 144 Å². The summed E-state index contributed by atoms with van der Waals surface area (Å²) in [5, 5.41) is 12.4. The molecule has 6 heterocycles. The van der Waals surface area contributed by atoms with E-state index in [1.807, 2.05) is 57.2 Å². The predicted octanol–water partition coefficient (Wildman–Crippen LogP) is 8.79. The molecule has 0 aromatic carbocycles. The van der Waals surface area contributed by atoms with Gasteiger partial charge in [0.05, 0.1) is 17.1 Å². The maximum absolute atomic E-state index is 12.2.